The van der Waals surface area contributed by atoms with Crippen molar-refractivity contribution in [3.8, 4) is 5.75 Å². The second kappa shape index (κ2) is 10.3. The molecule has 0 heterocycles. The van der Waals surface area contributed by atoms with Crippen molar-refractivity contribution < 1.29 is 14.3 Å². The van der Waals surface area contributed by atoms with Crippen molar-refractivity contribution in [1.82, 2.24) is 10.2 Å². The topological polar surface area (TPSA) is 58.6 Å². The van der Waals surface area contributed by atoms with Crippen LogP contribution in [0.25, 0.3) is 0 Å². The number of rotatable bonds is 8. The SMILES string of the molecule is Cc1ccc(OCC(=O)N(Cc2ccccc2C)[C@@H](C)C(=O)NC2CCCC2)cc1. The third kappa shape index (κ3) is 5.85. The molecule has 5 nitrogen and oxygen atoms in total. The molecule has 5 heteroatoms. The van der Waals surface area contributed by atoms with Crippen LogP contribution >= 0.6 is 0 Å². The Bertz CT molecular complexity index is 857. The summed E-state index contributed by atoms with van der Waals surface area (Å²) >= 11 is 0. The van der Waals surface area contributed by atoms with E-state index in [0.29, 0.717) is 12.3 Å². The predicted molar refractivity (Wildman–Crippen MR) is 118 cm³/mol. The molecular formula is C25H32N2O3. The van der Waals surface area contributed by atoms with Gasteiger partial charge < -0.3 is 15.0 Å². The fourth-order valence-electron chi connectivity index (χ4n) is 3.81. The zero-order chi connectivity index (χ0) is 21.5. The average molecular weight is 409 g/mol. The van der Waals surface area contributed by atoms with Crippen molar-refractivity contribution in [2.45, 2.75) is 65.1 Å². The molecule has 0 aliphatic heterocycles. The maximum absolute atomic E-state index is 13.1. The van der Waals surface area contributed by atoms with Gasteiger partial charge in [0.2, 0.25) is 5.91 Å². The van der Waals surface area contributed by atoms with Gasteiger partial charge in [-0.15, -0.1) is 0 Å². The van der Waals surface area contributed by atoms with Crippen LogP contribution in [0.4, 0.5) is 0 Å². The molecule has 30 heavy (non-hydrogen) atoms. The molecular weight excluding hydrogens is 376 g/mol. The van der Waals surface area contributed by atoms with Gasteiger partial charge in [-0.2, -0.15) is 0 Å². The van der Waals surface area contributed by atoms with Crippen LogP contribution in [0.5, 0.6) is 5.75 Å². The van der Waals surface area contributed by atoms with Crippen LogP contribution in [0.15, 0.2) is 48.5 Å². The first-order valence-corrected chi connectivity index (χ1v) is 10.8. The molecule has 0 bridgehead atoms. The fourth-order valence-corrected chi connectivity index (χ4v) is 3.81. The number of hydrogen-bond donors (Lipinski definition) is 1. The molecule has 2 aromatic rings. The van der Waals surface area contributed by atoms with Crippen molar-refractivity contribution in [3.05, 3.63) is 65.2 Å². The third-order valence-electron chi connectivity index (χ3n) is 5.85. The lowest BCUT2D eigenvalue weighted by Gasteiger charge is -2.30. The van der Waals surface area contributed by atoms with Crippen LogP contribution < -0.4 is 10.1 Å². The summed E-state index contributed by atoms with van der Waals surface area (Å²) in [6.45, 7) is 6.10. The number of benzene rings is 2. The zero-order valence-corrected chi connectivity index (χ0v) is 18.2. The van der Waals surface area contributed by atoms with Gasteiger partial charge in [-0.3, -0.25) is 9.59 Å². The van der Waals surface area contributed by atoms with E-state index in [9.17, 15) is 9.59 Å². The second-order valence-corrected chi connectivity index (χ2v) is 8.22. The van der Waals surface area contributed by atoms with Gasteiger partial charge in [-0.25, -0.2) is 0 Å². The highest BCUT2D eigenvalue weighted by Crippen LogP contribution is 2.19. The van der Waals surface area contributed by atoms with E-state index >= 15 is 0 Å². The number of carbonyl (C=O) groups is 2. The Morgan fingerprint density at radius 1 is 1.07 bits per heavy atom. The first-order chi connectivity index (χ1) is 14.4. The molecule has 0 saturated heterocycles. The minimum atomic E-state index is -0.570. The van der Waals surface area contributed by atoms with Gasteiger partial charge in [-0.1, -0.05) is 54.8 Å². The Labute approximate surface area is 179 Å². The molecule has 2 amide bonds. The fraction of sp³-hybridized carbons (Fsp3) is 0.440. The molecule has 0 spiro atoms. The number of nitrogens with one attached hydrogen (secondary N) is 1. The maximum Gasteiger partial charge on any atom is 0.261 e. The monoisotopic (exact) mass is 408 g/mol. The molecule has 1 saturated carbocycles. The van der Waals surface area contributed by atoms with Crippen LogP contribution in [-0.4, -0.2) is 35.4 Å². The van der Waals surface area contributed by atoms with Gasteiger partial charge in [0.15, 0.2) is 6.61 Å². The molecule has 1 N–H and O–H groups in total. The summed E-state index contributed by atoms with van der Waals surface area (Å²) < 4.78 is 5.71. The maximum atomic E-state index is 13.1. The van der Waals surface area contributed by atoms with Crippen LogP contribution in [0.3, 0.4) is 0 Å². The van der Waals surface area contributed by atoms with Crippen LogP contribution in [0.2, 0.25) is 0 Å². The van der Waals surface area contributed by atoms with Gasteiger partial charge in [0.05, 0.1) is 0 Å². The predicted octanol–water partition coefficient (Wildman–Crippen LogP) is 4.16. The minimum Gasteiger partial charge on any atom is -0.484 e. The second-order valence-electron chi connectivity index (χ2n) is 8.22. The van der Waals surface area contributed by atoms with Gasteiger partial charge in [0.25, 0.3) is 5.91 Å². The Hall–Kier alpha value is -2.82. The summed E-state index contributed by atoms with van der Waals surface area (Å²) in [7, 11) is 0. The number of nitrogens with zero attached hydrogens (tertiary/aromatic N) is 1. The van der Waals surface area contributed by atoms with E-state index in [4.69, 9.17) is 4.74 Å². The first kappa shape index (κ1) is 21.9. The van der Waals surface area contributed by atoms with Gasteiger partial charge >= 0.3 is 0 Å². The molecule has 160 valence electrons. The van der Waals surface area contributed by atoms with Crippen LogP contribution in [0, 0.1) is 13.8 Å². The Kier molecular flexibility index (Phi) is 7.50. The molecule has 1 fully saturated rings. The van der Waals surface area contributed by atoms with E-state index in [-0.39, 0.29) is 24.5 Å². The first-order valence-electron chi connectivity index (χ1n) is 10.8. The van der Waals surface area contributed by atoms with E-state index in [0.717, 1.165) is 42.4 Å². The van der Waals surface area contributed by atoms with E-state index in [1.807, 2.05) is 62.4 Å². The van der Waals surface area contributed by atoms with Crippen LogP contribution in [0.1, 0.15) is 49.3 Å². The highest BCUT2D eigenvalue weighted by molar-refractivity contribution is 5.88. The number of ether oxygens (including phenoxy) is 1. The third-order valence-corrected chi connectivity index (χ3v) is 5.85. The lowest BCUT2D eigenvalue weighted by molar-refractivity contribution is -0.142. The number of amides is 2. The summed E-state index contributed by atoms with van der Waals surface area (Å²) in [5.74, 6) is 0.347. The van der Waals surface area contributed by atoms with Crippen molar-refractivity contribution in [2.24, 2.45) is 0 Å². The lowest BCUT2D eigenvalue weighted by Crippen LogP contribution is -2.50. The highest BCUT2D eigenvalue weighted by atomic mass is 16.5. The zero-order valence-electron chi connectivity index (χ0n) is 18.2. The molecule has 0 aromatic heterocycles. The Balaban J connectivity index is 1.71. The van der Waals surface area contributed by atoms with Crippen molar-refractivity contribution in [3.63, 3.8) is 0 Å². The quantitative estimate of drug-likeness (QED) is 0.714. The van der Waals surface area contributed by atoms with Gasteiger partial charge in [0.1, 0.15) is 11.8 Å². The molecule has 1 atom stereocenters. The molecule has 1 aliphatic carbocycles. The normalized spacial score (nSPS) is 14.9. The lowest BCUT2D eigenvalue weighted by atomic mass is 10.1. The smallest absolute Gasteiger partial charge is 0.261 e. The summed E-state index contributed by atoms with van der Waals surface area (Å²) in [6, 6.07) is 15.2. The molecule has 3 rings (SSSR count). The van der Waals surface area contributed by atoms with E-state index < -0.39 is 6.04 Å². The highest BCUT2D eigenvalue weighted by Gasteiger charge is 2.29. The average Bonchev–Trinajstić information content (AvgIpc) is 3.25. The van der Waals surface area contributed by atoms with Crippen molar-refractivity contribution >= 4 is 11.8 Å². The summed E-state index contributed by atoms with van der Waals surface area (Å²) in [6.07, 6.45) is 4.33. The van der Waals surface area contributed by atoms with Crippen molar-refractivity contribution in [2.75, 3.05) is 6.61 Å². The van der Waals surface area contributed by atoms with Crippen molar-refractivity contribution in [1.29, 1.82) is 0 Å². The standard InChI is InChI=1S/C25H32N2O3/c1-18-12-14-23(15-13-18)30-17-24(28)27(16-21-9-5-4-8-19(21)2)20(3)25(29)26-22-10-6-7-11-22/h4-5,8-9,12-15,20,22H,6-7,10-11,16-17H2,1-3H3,(H,26,29)/t20-/m0/s1. The summed E-state index contributed by atoms with van der Waals surface area (Å²) in [5, 5.41) is 3.12. The Morgan fingerprint density at radius 3 is 2.40 bits per heavy atom. The van der Waals surface area contributed by atoms with Gasteiger partial charge in [0, 0.05) is 12.6 Å². The van der Waals surface area contributed by atoms with E-state index in [1.165, 1.54) is 0 Å². The minimum absolute atomic E-state index is 0.0980. The summed E-state index contributed by atoms with van der Waals surface area (Å²) in [4.78, 5) is 27.6. The number of carbonyl (C=O) groups excluding carboxylic acids is 2. The molecule has 1 aliphatic rings. The van der Waals surface area contributed by atoms with Gasteiger partial charge in [-0.05, 0) is 56.9 Å². The molecule has 0 unspecified atom stereocenters. The molecule has 0 radical (unpaired) electrons. The van der Waals surface area contributed by atoms with Crippen LogP contribution in [-0.2, 0) is 16.1 Å². The van der Waals surface area contributed by atoms with E-state index in [2.05, 4.69) is 5.32 Å². The largest absolute Gasteiger partial charge is 0.484 e. The Morgan fingerprint density at radius 2 is 1.73 bits per heavy atom. The number of aryl methyl sites for hydroxylation is 2. The van der Waals surface area contributed by atoms with E-state index in [1.54, 1.807) is 11.8 Å². The summed E-state index contributed by atoms with van der Waals surface area (Å²) in [5.41, 5.74) is 3.26. The number of hydrogen-bond acceptors (Lipinski definition) is 3. The molecule has 2 aromatic carbocycles.